The molecule has 53 heavy (non-hydrogen) atoms. The van der Waals surface area contributed by atoms with Gasteiger partial charge in [-0.05, 0) is 82.1 Å². The van der Waals surface area contributed by atoms with E-state index in [1.165, 1.54) is 6.07 Å². The molecule has 276 valence electrons. The van der Waals surface area contributed by atoms with Crippen LogP contribution in [0.4, 0.5) is 22.7 Å². The lowest BCUT2D eigenvalue weighted by Gasteiger charge is -2.13. The predicted molar refractivity (Wildman–Crippen MR) is 194 cm³/mol. The smallest absolute Gasteiger partial charge is 0.295 e. The van der Waals surface area contributed by atoms with Crippen LogP contribution in [-0.2, 0) is 39.4 Å². The van der Waals surface area contributed by atoms with Crippen LogP contribution in [0.1, 0.15) is 30.5 Å². The van der Waals surface area contributed by atoms with Gasteiger partial charge in [0.1, 0.15) is 9.79 Å². The van der Waals surface area contributed by atoms with E-state index in [4.69, 9.17) is 0 Å². The van der Waals surface area contributed by atoms with Crippen molar-refractivity contribution in [2.45, 2.75) is 56.5 Å². The second-order valence-electron chi connectivity index (χ2n) is 11.9. The zero-order valence-corrected chi connectivity index (χ0v) is 30.6. The van der Waals surface area contributed by atoms with E-state index in [1.807, 2.05) is 13.0 Å². The number of rotatable bonds is 13. The Balaban J connectivity index is 1.68. The van der Waals surface area contributed by atoms with Gasteiger partial charge in [-0.15, -0.1) is 0 Å². The summed E-state index contributed by atoms with van der Waals surface area (Å²) in [4.78, 5) is 48.6. The van der Waals surface area contributed by atoms with Crippen molar-refractivity contribution in [1.29, 1.82) is 0 Å². The van der Waals surface area contributed by atoms with E-state index < -0.39 is 76.6 Å². The van der Waals surface area contributed by atoms with Crippen molar-refractivity contribution in [2.24, 2.45) is 20.5 Å². The molecule has 4 aromatic carbocycles. The quantitative estimate of drug-likeness (QED) is 0.0688. The molecule has 18 heteroatoms. The number of benzene rings is 4. The van der Waals surface area contributed by atoms with E-state index in [2.05, 4.69) is 31.1 Å². The summed E-state index contributed by atoms with van der Waals surface area (Å²) in [5.41, 5.74) is 1.95. The zero-order chi connectivity index (χ0) is 39.2. The first kappa shape index (κ1) is 40.0. The Morgan fingerprint density at radius 2 is 1.02 bits per heavy atom. The fourth-order valence-electron chi connectivity index (χ4n) is 4.97. The molecule has 0 aliphatic carbocycles. The van der Waals surface area contributed by atoms with E-state index >= 15 is 0 Å². The number of hydrogen-bond donors (Lipinski definition) is 4. The lowest BCUT2D eigenvalue weighted by molar-refractivity contribution is -0.127. The van der Waals surface area contributed by atoms with Crippen LogP contribution < -0.4 is 10.6 Å². The SMILES string of the molecule is CC(=O)[C@@H](N=Nc1ccc(-c2ccc(N=N[C@H](C(C)=O)C(=O)Nc3ccc(C)cc3C)cc2S(=O)(=O)O)c(S(=O)(=O)O)c1)C(=O)Nc1ccccc1C. The van der Waals surface area contributed by atoms with Crippen LogP contribution in [0.15, 0.2) is 109 Å². The first-order valence-electron chi connectivity index (χ1n) is 15.6. The standard InChI is InChI=1S/C35H34N6O10S2/c1-19-10-15-29(21(3)16-19)37-35(45)33(23(5)43)41-39-25-12-14-27(31(18-25)53(49,50)51)26-13-11-24(17-30(26)52(46,47)48)38-40-32(22(4)42)34(44)36-28-9-7-6-8-20(28)2/h6-18,32-33H,1-5H3,(H,36,44)(H,37,45)(H,46,47,48)(H,49,50,51)/t32-,33-/m1/s1. The van der Waals surface area contributed by atoms with Gasteiger partial charge in [0.15, 0.2) is 11.6 Å². The van der Waals surface area contributed by atoms with Gasteiger partial charge in [-0.1, -0.05) is 48.0 Å². The summed E-state index contributed by atoms with van der Waals surface area (Å²) in [7, 11) is -10.2. The lowest BCUT2D eigenvalue weighted by Crippen LogP contribution is -2.32. The molecule has 2 amide bonds. The van der Waals surface area contributed by atoms with Gasteiger partial charge in [0.05, 0.1) is 11.4 Å². The Kier molecular flexibility index (Phi) is 12.2. The molecule has 0 aromatic heterocycles. The molecule has 0 radical (unpaired) electrons. The summed E-state index contributed by atoms with van der Waals surface area (Å²) in [6.45, 7) is 7.58. The zero-order valence-electron chi connectivity index (χ0n) is 28.9. The van der Waals surface area contributed by atoms with Gasteiger partial charge in [-0.25, -0.2) is 0 Å². The summed E-state index contributed by atoms with van der Waals surface area (Å²) < 4.78 is 70.3. The molecule has 0 fully saturated rings. The highest BCUT2D eigenvalue weighted by Gasteiger charge is 2.27. The second-order valence-corrected chi connectivity index (χ2v) is 14.7. The predicted octanol–water partition coefficient (Wildman–Crippen LogP) is 6.13. The molecule has 0 spiro atoms. The number of para-hydroxylation sites is 1. The number of anilines is 2. The Labute approximate surface area is 305 Å². The summed E-state index contributed by atoms with van der Waals surface area (Å²) in [6.07, 6.45) is 0. The first-order valence-corrected chi connectivity index (χ1v) is 18.4. The van der Waals surface area contributed by atoms with Gasteiger partial charge >= 0.3 is 0 Å². The third-order valence-corrected chi connectivity index (χ3v) is 9.45. The van der Waals surface area contributed by atoms with Crippen LogP contribution in [-0.4, -0.2) is 61.4 Å². The molecule has 4 N–H and O–H groups in total. The molecule has 0 saturated heterocycles. The largest absolute Gasteiger partial charge is 0.324 e. The van der Waals surface area contributed by atoms with Crippen molar-refractivity contribution in [3.63, 3.8) is 0 Å². The number of carbonyl (C=O) groups is 4. The number of nitrogens with zero attached hydrogens (tertiary/aromatic N) is 4. The van der Waals surface area contributed by atoms with E-state index in [0.717, 1.165) is 55.3 Å². The number of ketones is 2. The van der Waals surface area contributed by atoms with Crippen molar-refractivity contribution in [2.75, 3.05) is 10.6 Å². The molecule has 0 bridgehead atoms. The van der Waals surface area contributed by atoms with Crippen molar-refractivity contribution >= 4 is 66.4 Å². The Morgan fingerprint density at radius 1 is 0.585 bits per heavy atom. The van der Waals surface area contributed by atoms with Crippen LogP contribution in [0, 0.1) is 20.8 Å². The molecule has 4 aromatic rings. The van der Waals surface area contributed by atoms with E-state index in [-0.39, 0.29) is 11.4 Å². The second kappa shape index (κ2) is 16.2. The highest BCUT2D eigenvalue weighted by atomic mass is 32.2. The summed E-state index contributed by atoms with van der Waals surface area (Å²) >= 11 is 0. The lowest BCUT2D eigenvalue weighted by atomic mass is 10.0. The van der Waals surface area contributed by atoms with Gasteiger partial charge in [-0.3, -0.25) is 28.3 Å². The topological polar surface area (TPSA) is 251 Å². The van der Waals surface area contributed by atoms with Gasteiger partial charge in [0.2, 0.25) is 12.1 Å². The molecule has 0 unspecified atom stereocenters. The van der Waals surface area contributed by atoms with Crippen molar-refractivity contribution in [3.05, 3.63) is 95.6 Å². The molecule has 0 aliphatic heterocycles. The Bertz CT molecular complexity index is 2410. The molecule has 4 rings (SSSR count). The Hall–Kier alpha value is -5.82. The number of azo groups is 2. The van der Waals surface area contributed by atoms with Crippen LogP contribution in [0.5, 0.6) is 0 Å². The normalized spacial score (nSPS) is 13.1. The third kappa shape index (κ3) is 10.2. The highest BCUT2D eigenvalue weighted by molar-refractivity contribution is 7.86. The van der Waals surface area contributed by atoms with Gasteiger partial charge in [0.25, 0.3) is 32.1 Å². The van der Waals surface area contributed by atoms with Gasteiger partial charge in [0, 0.05) is 22.5 Å². The highest BCUT2D eigenvalue weighted by Crippen LogP contribution is 2.37. The van der Waals surface area contributed by atoms with Crippen LogP contribution in [0.2, 0.25) is 0 Å². The average Bonchev–Trinajstić information content (AvgIpc) is 3.06. The number of amides is 2. The Morgan fingerprint density at radius 3 is 1.42 bits per heavy atom. The number of carbonyl (C=O) groups excluding carboxylic acids is 4. The molecule has 16 nitrogen and oxygen atoms in total. The minimum atomic E-state index is -5.11. The van der Waals surface area contributed by atoms with Crippen LogP contribution >= 0.6 is 0 Å². The number of nitrogens with one attached hydrogen (secondary N) is 2. The number of Topliss-reactive ketones (excluding diaryl/α,β-unsaturated/α-hetero) is 2. The average molecular weight is 763 g/mol. The first-order chi connectivity index (χ1) is 24.8. The maximum absolute atomic E-state index is 12.9. The maximum atomic E-state index is 12.9. The van der Waals surface area contributed by atoms with Crippen molar-refractivity contribution < 1.29 is 45.1 Å². The maximum Gasteiger partial charge on any atom is 0.295 e. The van der Waals surface area contributed by atoms with Gasteiger partial charge in [-0.2, -0.15) is 37.3 Å². The van der Waals surface area contributed by atoms with E-state index in [9.17, 15) is 45.1 Å². The van der Waals surface area contributed by atoms with E-state index in [0.29, 0.717) is 16.9 Å². The number of aryl methyl sites for hydroxylation is 3. The van der Waals surface area contributed by atoms with Crippen molar-refractivity contribution in [3.8, 4) is 11.1 Å². The minimum Gasteiger partial charge on any atom is -0.324 e. The van der Waals surface area contributed by atoms with Gasteiger partial charge < -0.3 is 10.6 Å². The molecular formula is C35H34N6O10S2. The minimum absolute atomic E-state index is 0.245. The van der Waals surface area contributed by atoms with E-state index in [1.54, 1.807) is 50.2 Å². The van der Waals surface area contributed by atoms with Crippen LogP contribution in [0.3, 0.4) is 0 Å². The molecule has 0 saturated carbocycles. The third-order valence-electron chi connectivity index (χ3n) is 7.66. The van der Waals surface area contributed by atoms with Crippen molar-refractivity contribution in [1.82, 2.24) is 0 Å². The molecule has 0 aliphatic rings. The van der Waals surface area contributed by atoms with Crippen LogP contribution in [0.25, 0.3) is 11.1 Å². The molecule has 2 atom stereocenters. The fraction of sp³-hybridized carbons (Fsp3) is 0.200. The summed E-state index contributed by atoms with van der Waals surface area (Å²) in [5.74, 6) is -2.98. The summed E-state index contributed by atoms with van der Waals surface area (Å²) in [5, 5.41) is 20.4. The number of hydrogen-bond acceptors (Lipinski definition) is 12. The molecule has 0 heterocycles. The molecular weight excluding hydrogens is 729 g/mol. The summed E-state index contributed by atoms with van der Waals surface area (Å²) in [6, 6.07) is 14.8. The fourth-order valence-corrected chi connectivity index (χ4v) is 6.42. The monoisotopic (exact) mass is 762 g/mol.